The predicted molar refractivity (Wildman–Crippen MR) is 50.6 cm³/mol. The molecule has 0 radical (unpaired) electrons. The predicted octanol–water partition coefficient (Wildman–Crippen LogP) is -1.30. The van der Waals surface area contributed by atoms with Crippen LogP contribution in [0.5, 0.6) is 0 Å². The van der Waals surface area contributed by atoms with Crippen LogP contribution in [0.1, 0.15) is 12.8 Å². The molecule has 0 saturated carbocycles. The van der Waals surface area contributed by atoms with Crippen molar-refractivity contribution in [2.24, 2.45) is 0 Å². The summed E-state index contributed by atoms with van der Waals surface area (Å²) in [7, 11) is 0. The maximum atomic E-state index is 11.6. The molecular formula is C9H15N3O2. The first kappa shape index (κ1) is 9.45. The molecule has 14 heavy (non-hydrogen) atoms. The van der Waals surface area contributed by atoms with Gasteiger partial charge in [0.25, 0.3) is 0 Å². The normalized spacial score (nSPS) is 28.9. The maximum Gasteiger partial charge on any atom is 0.242 e. The van der Waals surface area contributed by atoms with Gasteiger partial charge in [-0.1, -0.05) is 0 Å². The molecule has 2 aliphatic heterocycles. The molecule has 2 rings (SSSR count). The van der Waals surface area contributed by atoms with Gasteiger partial charge in [-0.3, -0.25) is 9.59 Å². The van der Waals surface area contributed by atoms with Crippen LogP contribution >= 0.6 is 0 Å². The monoisotopic (exact) mass is 197 g/mol. The number of carbonyl (C=O) groups excluding carboxylic acids is 2. The highest BCUT2D eigenvalue weighted by atomic mass is 16.2. The molecule has 0 aromatic heterocycles. The Morgan fingerprint density at radius 2 is 2.21 bits per heavy atom. The fraction of sp³-hybridized carbons (Fsp3) is 0.778. The molecule has 5 nitrogen and oxygen atoms in total. The van der Waals surface area contributed by atoms with Gasteiger partial charge < -0.3 is 15.5 Å². The maximum absolute atomic E-state index is 11.6. The van der Waals surface area contributed by atoms with Crippen molar-refractivity contribution in [1.29, 1.82) is 0 Å². The van der Waals surface area contributed by atoms with E-state index in [2.05, 4.69) is 10.6 Å². The van der Waals surface area contributed by atoms with Gasteiger partial charge in [0.1, 0.15) is 0 Å². The van der Waals surface area contributed by atoms with Crippen molar-refractivity contribution in [3.63, 3.8) is 0 Å². The Labute approximate surface area is 82.8 Å². The van der Waals surface area contributed by atoms with Crippen LogP contribution in [0.3, 0.4) is 0 Å². The Balaban J connectivity index is 2.01. The van der Waals surface area contributed by atoms with Crippen LogP contribution in [-0.4, -0.2) is 48.9 Å². The standard InChI is InChI=1S/C9H15N3O2/c13-8-2-4-12(9(14)6-11-8)7-1-3-10-5-7/h7,10H,1-6H2,(H,11,13). The summed E-state index contributed by atoms with van der Waals surface area (Å²) in [5.74, 6) is 0.0244. The van der Waals surface area contributed by atoms with E-state index in [-0.39, 0.29) is 24.4 Å². The second kappa shape index (κ2) is 3.96. The summed E-state index contributed by atoms with van der Waals surface area (Å²) < 4.78 is 0. The van der Waals surface area contributed by atoms with Crippen LogP contribution in [0.15, 0.2) is 0 Å². The molecule has 2 fully saturated rings. The molecule has 0 spiro atoms. The van der Waals surface area contributed by atoms with E-state index < -0.39 is 0 Å². The van der Waals surface area contributed by atoms with Gasteiger partial charge in [-0.05, 0) is 13.0 Å². The summed E-state index contributed by atoms with van der Waals surface area (Å²) in [4.78, 5) is 24.5. The van der Waals surface area contributed by atoms with E-state index in [1.54, 1.807) is 0 Å². The summed E-state index contributed by atoms with van der Waals surface area (Å²) in [5.41, 5.74) is 0. The molecule has 2 aliphatic rings. The van der Waals surface area contributed by atoms with E-state index in [9.17, 15) is 9.59 Å². The second-order valence-corrected chi connectivity index (χ2v) is 3.76. The van der Waals surface area contributed by atoms with Crippen LogP contribution in [-0.2, 0) is 9.59 Å². The van der Waals surface area contributed by atoms with Crippen LogP contribution < -0.4 is 10.6 Å². The summed E-state index contributed by atoms with van der Waals surface area (Å²) in [6.07, 6.45) is 1.43. The lowest BCUT2D eigenvalue weighted by molar-refractivity contribution is -0.131. The summed E-state index contributed by atoms with van der Waals surface area (Å²) >= 11 is 0. The quantitative estimate of drug-likeness (QED) is 0.549. The first-order valence-electron chi connectivity index (χ1n) is 5.04. The number of carbonyl (C=O) groups is 2. The number of rotatable bonds is 1. The van der Waals surface area contributed by atoms with Gasteiger partial charge in [0.2, 0.25) is 11.8 Å². The van der Waals surface area contributed by atoms with E-state index in [0.29, 0.717) is 13.0 Å². The van der Waals surface area contributed by atoms with Crippen molar-refractivity contribution in [2.75, 3.05) is 26.2 Å². The molecule has 0 bridgehead atoms. The lowest BCUT2D eigenvalue weighted by Crippen LogP contribution is -2.43. The molecule has 5 heteroatoms. The Morgan fingerprint density at radius 3 is 2.93 bits per heavy atom. The van der Waals surface area contributed by atoms with Crippen LogP contribution in [0.25, 0.3) is 0 Å². The minimum absolute atomic E-state index is 0.0215. The third kappa shape index (κ3) is 1.87. The Morgan fingerprint density at radius 1 is 1.36 bits per heavy atom. The molecule has 2 amide bonds. The fourth-order valence-electron chi connectivity index (χ4n) is 2.00. The highest BCUT2D eigenvalue weighted by Crippen LogP contribution is 2.10. The first-order valence-corrected chi connectivity index (χ1v) is 5.04. The van der Waals surface area contributed by atoms with Crippen LogP contribution in [0, 0.1) is 0 Å². The van der Waals surface area contributed by atoms with E-state index >= 15 is 0 Å². The molecule has 2 saturated heterocycles. The van der Waals surface area contributed by atoms with Gasteiger partial charge >= 0.3 is 0 Å². The number of hydrogen-bond donors (Lipinski definition) is 2. The number of nitrogens with zero attached hydrogens (tertiary/aromatic N) is 1. The molecule has 1 atom stereocenters. The lowest BCUT2D eigenvalue weighted by atomic mass is 10.2. The number of amides is 2. The summed E-state index contributed by atoms with van der Waals surface area (Å²) in [6.45, 7) is 2.56. The number of nitrogens with one attached hydrogen (secondary N) is 2. The SMILES string of the molecule is O=C1CCN(C2CCNC2)C(=O)CN1. The van der Waals surface area contributed by atoms with Gasteiger partial charge in [0, 0.05) is 25.6 Å². The van der Waals surface area contributed by atoms with Crippen molar-refractivity contribution >= 4 is 11.8 Å². The molecule has 0 aliphatic carbocycles. The molecule has 0 aromatic rings. The zero-order valence-corrected chi connectivity index (χ0v) is 8.08. The molecule has 2 heterocycles. The fourth-order valence-corrected chi connectivity index (χ4v) is 2.00. The highest BCUT2D eigenvalue weighted by molar-refractivity contribution is 5.87. The third-order valence-electron chi connectivity index (χ3n) is 2.81. The Bertz CT molecular complexity index is 248. The van der Waals surface area contributed by atoms with Gasteiger partial charge in [-0.15, -0.1) is 0 Å². The van der Waals surface area contributed by atoms with Gasteiger partial charge in [-0.2, -0.15) is 0 Å². The second-order valence-electron chi connectivity index (χ2n) is 3.76. The summed E-state index contributed by atoms with van der Waals surface area (Å²) in [5, 5.41) is 5.82. The van der Waals surface area contributed by atoms with Crippen molar-refractivity contribution in [1.82, 2.24) is 15.5 Å². The molecule has 78 valence electrons. The topological polar surface area (TPSA) is 61.4 Å². The third-order valence-corrected chi connectivity index (χ3v) is 2.81. The largest absolute Gasteiger partial charge is 0.347 e. The Kier molecular flexibility index (Phi) is 2.67. The zero-order valence-electron chi connectivity index (χ0n) is 8.08. The average Bonchev–Trinajstić information content (AvgIpc) is 2.63. The van der Waals surface area contributed by atoms with Crippen molar-refractivity contribution in [2.45, 2.75) is 18.9 Å². The van der Waals surface area contributed by atoms with Crippen molar-refractivity contribution < 1.29 is 9.59 Å². The highest BCUT2D eigenvalue weighted by Gasteiger charge is 2.28. The molecule has 1 unspecified atom stereocenters. The van der Waals surface area contributed by atoms with E-state index in [0.717, 1.165) is 19.5 Å². The first-order chi connectivity index (χ1) is 6.77. The van der Waals surface area contributed by atoms with E-state index in [4.69, 9.17) is 0 Å². The average molecular weight is 197 g/mol. The zero-order chi connectivity index (χ0) is 9.97. The van der Waals surface area contributed by atoms with Gasteiger partial charge in [0.15, 0.2) is 0 Å². The van der Waals surface area contributed by atoms with Crippen molar-refractivity contribution in [3.8, 4) is 0 Å². The molecular weight excluding hydrogens is 182 g/mol. The minimum Gasteiger partial charge on any atom is -0.347 e. The van der Waals surface area contributed by atoms with E-state index in [1.165, 1.54) is 0 Å². The molecule has 2 N–H and O–H groups in total. The molecule has 0 aromatic carbocycles. The van der Waals surface area contributed by atoms with Crippen LogP contribution in [0.2, 0.25) is 0 Å². The van der Waals surface area contributed by atoms with Gasteiger partial charge in [0.05, 0.1) is 6.54 Å². The lowest BCUT2D eigenvalue weighted by Gasteiger charge is -2.26. The van der Waals surface area contributed by atoms with Gasteiger partial charge in [-0.25, -0.2) is 0 Å². The van der Waals surface area contributed by atoms with Crippen molar-refractivity contribution in [3.05, 3.63) is 0 Å². The van der Waals surface area contributed by atoms with E-state index in [1.807, 2.05) is 4.90 Å². The Hall–Kier alpha value is -1.10. The minimum atomic E-state index is -0.0215. The summed E-state index contributed by atoms with van der Waals surface area (Å²) in [6, 6.07) is 0.287. The van der Waals surface area contributed by atoms with Crippen LogP contribution in [0.4, 0.5) is 0 Å². The smallest absolute Gasteiger partial charge is 0.242 e. The number of hydrogen-bond acceptors (Lipinski definition) is 3.